The van der Waals surface area contributed by atoms with Crippen molar-refractivity contribution >= 4 is 34.8 Å². The first-order chi connectivity index (χ1) is 15.5. The number of thioether (sulfide) groups is 1. The van der Waals surface area contributed by atoms with Gasteiger partial charge in [-0.15, -0.1) is 11.8 Å². The zero-order chi connectivity index (χ0) is 22.5. The Morgan fingerprint density at radius 3 is 2.06 bits per heavy atom. The van der Waals surface area contributed by atoms with Crippen LogP contribution in [-0.2, 0) is 15.3 Å². The Morgan fingerprint density at radius 2 is 1.44 bits per heavy atom. The first kappa shape index (κ1) is 21.9. The summed E-state index contributed by atoms with van der Waals surface area (Å²) in [6.07, 6.45) is 0. The van der Waals surface area contributed by atoms with Gasteiger partial charge in [-0.1, -0.05) is 74.5 Å². The number of amides is 2. The van der Waals surface area contributed by atoms with Gasteiger partial charge in [0, 0.05) is 5.75 Å². The fraction of sp³-hybridized carbons (Fsp3) is 0.185. The molecule has 3 aromatic rings. The number of anilines is 1. The van der Waals surface area contributed by atoms with Crippen molar-refractivity contribution in [2.45, 2.75) is 19.6 Å². The molecule has 1 heterocycles. The number of hydrogen-bond donors (Lipinski definition) is 0. The number of imide groups is 1. The monoisotopic (exact) mass is 443 g/mol. The number of para-hydroxylation sites is 1. The zero-order valence-electron chi connectivity index (χ0n) is 18.2. The van der Waals surface area contributed by atoms with Crippen LogP contribution < -0.4 is 9.64 Å². The highest BCUT2D eigenvalue weighted by atomic mass is 32.2. The molecule has 32 heavy (non-hydrogen) atoms. The molecule has 0 N–H and O–H groups in total. The molecule has 4 rings (SSSR count). The largest absolute Gasteiger partial charge is 0.493 e. The van der Waals surface area contributed by atoms with Crippen LogP contribution >= 0.6 is 11.8 Å². The summed E-state index contributed by atoms with van der Waals surface area (Å²) in [5.41, 5.74) is 2.83. The predicted molar refractivity (Wildman–Crippen MR) is 130 cm³/mol. The van der Waals surface area contributed by atoms with Crippen LogP contribution in [-0.4, -0.2) is 18.4 Å². The fourth-order valence-corrected chi connectivity index (χ4v) is 4.49. The highest BCUT2D eigenvalue weighted by molar-refractivity contribution is 8.03. The second kappa shape index (κ2) is 9.88. The summed E-state index contributed by atoms with van der Waals surface area (Å²) in [4.78, 5) is 28.5. The van der Waals surface area contributed by atoms with E-state index in [1.54, 1.807) is 12.1 Å². The maximum Gasteiger partial charge on any atom is 0.272 e. The van der Waals surface area contributed by atoms with Gasteiger partial charge in [0.25, 0.3) is 11.8 Å². The third-order valence-electron chi connectivity index (χ3n) is 5.01. The number of nitrogens with zero attached hydrogens (tertiary/aromatic N) is 1. The van der Waals surface area contributed by atoms with Gasteiger partial charge in [0.15, 0.2) is 0 Å². The Bertz CT molecular complexity index is 1120. The molecular formula is C27H25NO3S. The molecule has 0 spiro atoms. The van der Waals surface area contributed by atoms with E-state index in [1.165, 1.54) is 16.7 Å². The van der Waals surface area contributed by atoms with E-state index in [-0.39, 0.29) is 11.8 Å². The van der Waals surface area contributed by atoms with Crippen LogP contribution in [0.5, 0.6) is 5.75 Å². The lowest BCUT2D eigenvalue weighted by atomic mass is 10.1. The average molecular weight is 444 g/mol. The molecule has 0 aliphatic carbocycles. The van der Waals surface area contributed by atoms with Gasteiger partial charge in [0.2, 0.25) is 0 Å². The molecular weight excluding hydrogens is 418 g/mol. The molecule has 5 heteroatoms. The van der Waals surface area contributed by atoms with E-state index >= 15 is 0 Å². The fourth-order valence-electron chi connectivity index (χ4n) is 3.42. The van der Waals surface area contributed by atoms with Gasteiger partial charge in [-0.25, -0.2) is 4.90 Å². The molecule has 3 aromatic carbocycles. The number of hydrogen-bond acceptors (Lipinski definition) is 4. The molecule has 2 amide bonds. The first-order valence-electron chi connectivity index (χ1n) is 10.6. The van der Waals surface area contributed by atoms with Crippen LogP contribution in [0.4, 0.5) is 5.69 Å². The van der Waals surface area contributed by atoms with E-state index in [1.807, 2.05) is 72.8 Å². The summed E-state index contributed by atoms with van der Waals surface area (Å²) in [5, 5.41) is 0. The molecule has 0 saturated heterocycles. The average Bonchev–Trinajstić information content (AvgIpc) is 3.07. The summed E-state index contributed by atoms with van der Waals surface area (Å²) in [5.74, 6) is 1.20. The van der Waals surface area contributed by atoms with Crippen molar-refractivity contribution < 1.29 is 14.3 Å². The van der Waals surface area contributed by atoms with Crippen molar-refractivity contribution in [2.24, 2.45) is 5.92 Å². The highest BCUT2D eigenvalue weighted by Gasteiger charge is 2.40. The van der Waals surface area contributed by atoms with Crippen molar-refractivity contribution in [2.75, 3.05) is 11.5 Å². The molecule has 162 valence electrons. The predicted octanol–water partition coefficient (Wildman–Crippen LogP) is 5.94. The molecule has 0 radical (unpaired) electrons. The van der Waals surface area contributed by atoms with Gasteiger partial charge in [-0.05, 0) is 41.3 Å². The minimum absolute atomic E-state index is 0.280. The standard InChI is InChI=1S/C27H25NO3S/c1-19(2)17-31-23-15-13-21(14-16-23)24-25(32-18-20-9-5-3-6-10-20)27(30)28(26(24)29)22-11-7-4-8-12-22/h3-16,19H,17-18H2,1-2H3. The minimum atomic E-state index is -0.299. The van der Waals surface area contributed by atoms with E-state index in [2.05, 4.69) is 13.8 Å². The maximum atomic E-state index is 13.4. The summed E-state index contributed by atoms with van der Waals surface area (Å²) < 4.78 is 5.77. The van der Waals surface area contributed by atoms with Crippen molar-refractivity contribution in [1.82, 2.24) is 0 Å². The van der Waals surface area contributed by atoms with Crippen LogP contribution in [0.15, 0.2) is 89.8 Å². The molecule has 4 nitrogen and oxygen atoms in total. The molecule has 0 fully saturated rings. The Balaban J connectivity index is 1.67. The van der Waals surface area contributed by atoms with E-state index in [0.29, 0.717) is 40.0 Å². The zero-order valence-corrected chi connectivity index (χ0v) is 19.0. The lowest BCUT2D eigenvalue weighted by molar-refractivity contribution is -0.119. The van der Waals surface area contributed by atoms with Gasteiger partial charge < -0.3 is 4.74 Å². The number of rotatable bonds is 8. The topological polar surface area (TPSA) is 46.6 Å². The Hall–Kier alpha value is -3.31. The summed E-state index contributed by atoms with van der Waals surface area (Å²) in [6.45, 7) is 4.81. The van der Waals surface area contributed by atoms with Gasteiger partial charge >= 0.3 is 0 Å². The van der Waals surface area contributed by atoms with Crippen LogP contribution in [0, 0.1) is 5.92 Å². The Labute approximate surface area is 192 Å². The second-order valence-corrected chi connectivity index (χ2v) is 8.97. The molecule has 0 bridgehead atoms. The maximum absolute atomic E-state index is 13.4. The molecule has 0 saturated carbocycles. The number of carbonyl (C=O) groups excluding carboxylic acids is 2. The highest BCUT2D eigenvalue weighted by Crippen LogP contribution is 2.39. The van der Waals surface area contributed by atoms with E-state index in [4.69, 9.17) is 4.74 Å². The molecule has 0 aromatic heterocycles. The van der Waals surface area contributed by atoms with Crippen molar-refractivity contribution in [3.05, 3.63) is 101 Å². The lowest BCUT2D eigenvalue weighted by Crippen LogP contribution is -2.31. The quantitative estimate of drug-likeness (QED) is 0.404. The van der Waals surface area contributed by atoms with Gasteiger partial charge in [0.1, 0.15) is 5.75 Å². The molecule has 1 aliphatic rings. The van der Waals surface area contributed by atoms with Crippen molar-refractivity contribution in [1.29, 1.82) is 0 Å². The molecule has 0 atom stereocenters. The van der Waals surface area contributed by atoms with Gasteiger partial charge in [0.05, 0.1) is 22.8 Å². The second-order valence-electron chi connectivity index (χ2n) is 7.99. The summed E-state index contributed by atoms with van der Waals surface area (Å²) in [7, 11) is 0. The Morgan fingerprint density at radius 1 is 0.812 bits per heavy atom. The van der Waals surface area contributed by atoms with Crippen molar-refractivity contribution in [3.8, 4) is 5.75 Å². The minimum Gasteiger partial charge on any atom is -0.493 e. The van der Waals surface area contributed by atoms with E-state index < -0.39 is 0 Å². The SMILES string of the molecule is CC(C)COc1ccc(C2=C(SCc3ccccc3)C(=O)N(c3ccccc3)C2=O)cc1. The first-order valence-corrected chi connectivity index (χ1v) is 11.6. The van der Waals surface area contributed by atoms with Crippen LogP contribution in [0.2, 0.25) is 0 Å². The van der Waals surface area contributed by atoms with Gasteiger partial charge in [-0.2, -0.15) is 0 Å². The van der Waals surface area contributed by atoms with E-state index in [9.17, 15) is 9.59 Å². The van der Waals surface area contributed by atoms with Crippen LogP contribution in [0.1, 0.15) is 25.0 Å². The molecule has 1 aliphatic heterocycles. The smallest absolute Gasteiger partial charge is 0.272 e. The third kappa shape index (κ3) is 4.78. The summed E-state index contributed by atoms with van der Waals surface area (Å²) in [6, 6.07) is 26.4. The molecule has 0 unspecified atom stereocenters. The van der Waals surface area contributed by atoms with E-state index in [0.717, 1.165) is 11.3 Å². The Kier molecular flexibility index (Phi) is 6.76. The van der Waals surface area contributed by atoms with Crippen LogP contribution in [0.3, 0.4) is 0 Å². The number of carbonyl (C=O) groups is 2. The normalized spacial score (nSPS) is 13.9. The summed E-state index contributed by atoms with van der Waals surface area (Å²) >= 11 is 1.41. The lowest BCUT2D eigenvalue weighted by Gasteiger charge is -2.15. The van der Waals surface area contributed by atoms with Crippen LogP contribution in [0.25, 0.3) is 5.57 Å². The van der Waals surface area contributed by atoms with Gasteiger partial charge in [-0.3, -0.25) is 9.59 Å². The van der Waals surface area contributed by atoms with Crippen molar-refractivity contribution in [3.63, 3.8) is 0 Å². The third-order valence-corrected chi connectivity index (χ3v) is 6.15. The number of benzene rings is 3. The number of ether oxygens (including phenoxy) is 1.